The maximum atomic E-state index is 6.07. The van der Waals surface area contributed by atoms with Gasteiger partial charge in [-0.05, 0) is 54.9 Å². The maximum absolute atomic E-state index is 6.07. The zero-order chi connectivity index (χ0) is 13.2. The number of aryl methyl sites for hydroxylation is 1. The van der Waals surface area contributed by atoms with Crippen LogP contribution in [0.4, 0.5) is 0 Å². The monoisotopic (exact) mass is 294 g/mol. The molecule has 3 rings (SSSR count). The van der Waals surface area contributed by atoms with E-state index in [1.54, 1.807) is 0 Å². The summed E-state index contributed by atoms with van der Waals surface area (Å²) >= 11 is 8.15. The van der Waals surface area contributed by atoms with Gasteiger partial charge in [0.15, 0.2) is 0 Å². The SMILES string of the molecule is Cc1ccc2c(c1)nc(CCl)n2CC1CCSCC1. The van der Waals surface area contributed by atoms with Crippen LogP contribution in [0.1, 0.15) is 24.2 Å². The lowest BCUT2D eigenvalue weighted by Gasteiger charge is -2.22. The number of aromatic nitrogens is 2. The molecule has 1 aromatic carbocycles. The number of rotatable bonds is 3. The van der Waals surface area contributed by atoms with Crippen LogP contribution >= 0.6 is 23.4 Å². The van der Waals surface area contributed by atoms with E-state index in [0.717, 1.165) is 23.8 Å². The van der Waals surface area contributed by atoms with Gasteiger partial charge in [-0.15, -0.1) is 11.6 Å². The largest absolute Gasteiger partial charge is 0.327 e. The zero-order valence-corrected chi connectivity index (χ0v) is 12.8. The van der Waals surface area contributed by atoms with Gasteiger partial charge < -0.3 is 4.57 Å². The molecule has 1 aliphatic heterocycles. The third-order valence-corrected chi connectivity index (χ3v) is 5.17. The molecular weight excluding hydrogens is 276 g/mol. The average Bonchev–Trinajstić information content (AvgIpc) is 2.77. The van der Waals surface area contributed by atoms with Crippen LogP contribution in [-0.4, -0.2) is 21.1 Å². The van der Waals surface area contributed by atoms with Gasteiger partial charge in [-0.2, -0.15) is 11.8 Å². The number of imidazole rings is 1. The Hall–Kier alpha value is -0.670. The minimum atomic E-state index is 0.495. The number of alkyl halides is 1. The first-order valence-electron chi connectivity index (χ1n) is 6.87. The summed E-state index contributed by atoms with van der Waals surface area (Å²) in [6.07, 6.45) is 2.63. The molecule has 2 nitrogen and oxygen atoms in total. The number of nitrogens with zero attached hydrogens (tertiary/aromatic N) is 2. The number of benzene rings is 1. The second kappa shape index (κ2) is 5.76. The summed E-state index contributed by atoms with van der Waals surface area (Å²) in [5.74, 6) is 4.89. The highest BCUT2D eigenvalue weighted by molar-refractivity contribution is 7.99. The first-order chi connectivity index (χ1) is 9.28. The number of hydrogen-bond acceptors (Lipinski definition) is 2. The Bertz CT molecular complexity index is 573. The van der Waals surface area contributed by atoms with Gasteiger partial charge in [0.05, 0.1) is 16.9 Å². The highest BCUT2D eigenvalue weighted by Gasteiger charge is 2.18. The molecule has 1 aromatic heterocycles. The second-order valence-electron chi connectivity index (χ2n) is 5.32. The van der Waals surface area contributed by atoms with Crippen LogP contribution in [0.5, 0.6) is 0 Å². The number of halogens is 1. The Morgan fingerprint density at radius 2 is 2.16 bits per heavy atom. The fourth-order valence-electron chi connectivity index (χ4n) is 2.78. The van der Waals surface area contributed by atoms with Crippen molar-refractivity contribution in [3.8, 4) is 0 Å². The Morgan fingerprint density at radius 1 is 1.37 bits per heavy atom. The lowest BCUT2D eigenvalue weighted by atomic mass is 10.0. The van der Waals surface area contributed by atoms with Crippen LogP contribution in [-0.2, 0) is 12.4 Å². The van der Waals surface area contributed by atoms with Crippen LogP contribution in [0.2, 0.25) is 0 Å². The molecule has 4 heteroatoms. The summed E-state index contributed by atoms with van der Waals surface area (Å²) in [4.78, 5) is 4.68. The minimum absolute atomic E-state index is 0.495. The number of fused-ring (bicyclic) bond motifs is 1. The van der Waals surface area contributed by atoms with E-state index in [2.05, 4.69) is 46.4 Å². The van der Waals surface area contributed by atoms with Gasteiger partial charge in [0, 0.05) is 6.54 Å². The Balaban J connectivity index is 1.95. The number of thioether (sulfide) groups is 1. The Kier molecular flexibility index (Phi) is 4.04. The smallest absolute Gasteiger partial charge is 0.124 e. The third-order valence-electron chi connectivity index (χ3n) is 3.88. The van der Waals surface area contributed by atoms with Gasteiger partial charge in [0.1, 0.15) is 5.82 Å². The number of hydrogen-bond donors (Lipinski definition) is 0. The highest BCUT2D eigenvalue weighted by atomic mass is 35.5. The van der Waals surface area contributed by atoms with E-state index < -0.39 is 0 Å². The molecule has 0 bridgehead atoms. The summed E-state index contributed by atoms with van der Waals surface area (Å²) in [7, 11) is 0. The van der Waals surface area contributed by atoms with Gasteiger partial charge in [-0.25, -0.2) is 4.98 Å². The van der Waals surface area contributed by atoms with Crippen LogP contribution in [0.3, 0.4) is 0 Å². The molecule has 0 N–H and O–H groups in total. The average molecular weight is 295 g/mol. The van der Waals surface area contributed by atoms with Crippen LogP contribution < -0.4 is 0 Å². The Labute approximate surface area is 123 Å². The van der Waals surface area contributed by atoms with Gasteiger partial charge in [0.2, 0.25) is 0 Å². The van der Waals surface area contributed by atoms with E-state index in [-0.39, 0.29) is 0 Å². The minimum Gasteiger partial charge on any atom is -0.327 e. The van der Waals surface area contributed by atoms with Crippen molar-refractivity contribution < 1.29 is 0 Å². The van der Waals surface area contributed by atoms with E-state index in [4.69, 9.17) is 11.6 Å². The zero-order valence-electron chi connectivity index (χ0n) is 11.2. The fraction of sp³-hybridized carbons (Fsp3) is 0.533. The van der Waals surface area contributed by atoms with Gasteiger partial charge in [-0.3, -0.25) is 0 Å². The Morgan fingerprint density at radius 3 is 2.89 bits per heavy atom. The summed E-state index contributed by atoms with van der Waals surface area (Å²) in [5.41, 5.74) is 3.58. The molecular formula is C15H19ClN2S. The summed E-state index contributed by atoms with van der Waals surface area (Å²) in [6.45, 7) is 3.18. The predicted octanol–water partition coefficient (Wildman–Crippen LogP) is 4.23. The van der Waals surface area contributed by atoms with E-state index in [9.17, 15) is 0 Å². The van der Waals surface area contributed by atoms with Crippen molar-refractivity contribution in [3.05, 3.63) is 29.6 Å². The molecule has 0 spiro atoms. The van der Waals surface area contributed by atoms with E-state index in [0.29, 0.717) is 5.88 Å². The standard InChI is InChI=1S/C15H19ClN2S/c1-11-2-3-14-13(8-11)17-15(9-16)18(14)10-12-4-6-19-7-5-12/h2-3,8,12H,4-7,9-10H2,1H3. The normalized spacial score (nSPS) is 17.2. The topological polar surface area (TPSA) is 17.8 Å². The van der Waals surface area contributed by atoms with E-state index >= 15 is 0 Å². The quantitative estimate of drug-likeness (QED) is 0.789. The summed E-state index contributed by atoms with van der Waals surface area (Å²) in [6, 6.07) is 6.50. The highest BCUT2D eigenvalue weighted by Crippen LogP contribution is 2.27. The van der Waals surface area contributed by atoms with Crippen LogP contribution in [0.15, 0.2) is 18.2 Å². The lowest BCUT2D eigenvalue weighted by Crippen LogP contribution is -2.17. The lowest BCUT2D eigenvalue weighted by molar-refractivity contribution is 0.417. The molecule has 0 atom stereocenters. The molecule has 0 radical (unpaired) electrons. The van der Waals surface area contributed by atoms with Crippen molar-refractivity contribution in [2.45, 2.75) is 32.2 Å². The molecule has 2 aromatic rings. The molecule has 19 heavy (non-hydrogen) atoms. The van der Waals surface area contributed by atoms with Crippen molar-refractivity contribution in [3.63, 3.8) is 0 Å². The molecule has 1 fully saturated rings. The third kappa shape index (κ3) is 2.77. The van der Waals surface area contributed by atoms with Crippen molar-refractivity contribution in [2.75, 3.05) is 11.5 Å². The first-order valence-corrected chi connectivity index (χ1v) is 8.56. The molecule has 0 aliphatic carbocycles. The maximum Gasteiger partial charge on any atom is 0.124 e. The molecule has 0 amide bonds. The van der Waals surface area contributed by atoms with E-state index in [1.807, 2.05) is 0 Å². The summed E-state index contributed by atoms with van der Waals surface area (Å²) in [5, 5.41) is 0. The van der Waals surface area contributed by atoms with Crippen LogP contribution in [0.25, 0.3) is 11.0 Å². The van der Waals surface area contributed by atoms with Crippen molar-refractivity contribution in [2.24, 2.45) is 5.92 Å². The first kappa shape index (κ1) is 13.3. The molecule has 1 saturated heterocycles. The van der Waals surface area contributed by atoms with E-state index in [1.165, 1.54) is 35.4 Å². The molecule has 102 valence electrons. The predicted molar refractivity (Wildman–Crippen MR) is 84.1 cm³/mol. The molecule has 0 saturated carbocycles. The van der Waals surface area contributed by atoms with Gasteiger partial charge in [0.25, 0.3) is 0 Å². The van der Waals surface area contributed by atoms with Crippen molar-refractivity contribution in [1.29, 1.82) is 0 Å². The van der Waals surface area contributed by atoms with Crippen molar-refractivity contribution >= 4 is 34.4 Å². The second-order valence-corrected chi connectivity index (χ2v) is 6.81. The fourth-order valence-corrected chi connectivity index (χ4v) is 4.19. The summed E-state index contributed by atoms with van der Waals surface area (Å²) < 4.78 is 2.34. The molecule has 2 heterocycles. The van der Waals surface area contributed by atoms with Crippen LogP contribution in [0, 0.1) is 12.8 Å². The van der Waals surface area contributed by atoms with Gasteiger partial charge >= 0.3 is 0 Å². The van der Waals surface area contributed by atoms with Crippen molar-refractivity contribution in [1.82, 2.24) is 9.55 Å². The molecule has 0 unspecified atom stereocenters. The molecule has 1 aliphatic rings. The van der Waals surface area contributed by atoms with Gasteiger partial charge in [-0.1, -0.05) is 6.07 Å².